The fourth-order valence-electron chi connectivity index (χ4n) is 2.29. The van der Waals surface area contributed by atoms with Crippen LogP contribution in [0.25, 0.3) is 0 Å². The molecular formula is C9H13NO3S. The Morgan fingerprint density at radius 2 is 2.36 bits per heavy atom. The topological polar surface area (TPSA) is 66.4 Å². The lowest BCUT2D eigenvalue weighted by Gasteiger charge is -2.37. The Bertz CT molecular complexity index is 281. The van der Waals surface area contributed by atoms with Crippen molar-refractivity contribution in [2.45, 2.75) is 30.6 Å². The van der Waals surface area contributed by atoms with Gasteiger partial charge >= 0.3 is 5.97 Å². The van der Waals surface area contributed by atoms with Crippen molar-refractivity contribution >= 4 is 23.6 Å². The highest BCUT2D eigenvalue weighted by Crippen LogP contribution is 2.44. The van der Waals surface area contributed by atoms with Crippen LogP contribution in [-0.4, -0.2) is 27.6 Å². The first-order valence-corrected chi connectivity index (χ1v) is 5.80. The minimum atomic E-state index is -0.778. The first-order valence-electron chi connectivity index (χ1n) is 4.82. The highest BCUT2D eigenvalue weighted by molar-refractivity contribution is 8.01. The number of amides is 1. The SMILES string of the molecule is O=C1CS[C@@]2(CCCC[C@@H]2C(=O)O)N1. The van der Waals surface area contributed by atoms with Crippen molar-refractivity contribution in [2.24, 2.45) is 5.92 Å². The van der Waals surface area contributed by atoms with E-state index in [1.165, 1.54) is 11.8 Å². The summed E-state index contributed by atoms with van der Waals surface area (Å²) < 4.78 is 0. The zero-order chi connectivity index (χ0) is 10.2. The molecule has 0 aromatic rings. The molecule has 1 aliphatic carbocycles. The Morgan fingerprint density at radius 3 is 2.93 bits per heavy atom. The highest BCUT2D eigenvalue weighted by atomic mass is 32.2. The van der Waals surface area contributed by atoms with E-state index in [-0.39, 0.29) is 5.91 Å². The summed E-state index contributed by atoms with van der Waals surface area (Å²) in [5.41, 5.74) is 0. The molecule has 2 fully saturated rings. The molecule has 1 saturated heterocycles. The van der Waals surface area contributed by atoms with Crippen molar-refractivity contribution < 1.29 is 14.7 Å². The van der Waals surface area contributed by atoms with E-state index in [2.05, 4.69) is 5.32 Å². The zero-order valence-corrected chi connectivity index (χ0v) is 8.60. The maximum absolute atomic E-state index is 11.2. The van der Waals surface area contributed by atoms with Gasteiger partial charge in [0.05, 0.1) is 16.5 Å². The molecule has 1 saturated carbocycles. The Hall–Kier alpha value is -0.710. The Kier molecular flexibility index (Phi) is 2.43. The summed E-state index contributed by atoms with van der Waals surface area (Å²) >= 11 is 1.47. The van der Waals surface area contributed by atoms with Gasteiger partial charge in [0.1, 0.15) is 0 Å². The van der Waals surface area contributed by atoms with Crippen molar-refractivity contribution in [3.8, 4) is 0 Å². The fraction of sp³-hybridized carbons (Fsp3) is 0.778. The number of thioether (sulfide) groups is 1. The number of rotatable bonds is 1. The molecule has 4 nitrogen and oxygen atoms in total. The Labute approximate surface area is 86.4 Å². The van der Waals surface area contributed by atoms with Gasteiger partial charge in [0, 0.05) is 0 Å². The number of hydrogen-bond acceptors (Lipinski definition) is 3. The average Bonchev–Trinajstić information content (AvgIpc) is 2.48. The van der Waals surface area contributed by atoms with Crippen LogP contribution >= 0.6 is 11.8 Å². The van der Waals surface area contributed by atoms with Gasteiger partial charge in [-0.3, -0.25) is 9.59 Å². The summed E-state index contributed by atoms with van der Waals surface area (Å²) in [6, 6.07) is 0. The monoisotopic (exact) mass is 215 g/mol. The van der Waals surface area contributed by atoms with Crippen LogP contribution in [0.2, 0.25) is 0 Å². The third-order valence-corrected chi connectivity index (χ3v) is 4.48. The molecule has 14 heavy (non-hydrogen) atoms. The Balaban J connectivity index is 2.21. The van der Waals surface area contributed by atoms with E-state index in [1.807, 2.05) is 0 Å². The molecule has 1 aliphatic heterocycles. The lowest BCUT2D eigenvalue weighted by atomic mass is 9.84. The van der Waals surface area contributed by atoms with Crippen molar-refractivity contribution in [1.29, 1.82) is 0 Å². The molecule has 0 aromatic carbocycles. The van der Waals surface area contributed by atoms with Crippen LogP contribution in [0.4, 0.5) is 0 Å². The molecule has 5 heteroatoms. The molecule has 0 unspecified atom stereocenters. The largest absolute Gasteiger partial charge is 0.481 e. The highest BCUT2D eigenvalue weighted by Gasteiger charge is 2.49. The molecule has 0 radical (unpaired) electrons. The lowest BCUT2D eigenvalue weighted by Crippen LogP contribution is -2.50. The summed E-state index contributed by atoms with van der Waals surface area (Å²) in [5, 5.41) is 11.9. The third kappa shape index (κ3) is 1.49. The first kappa shape index (κ1) is 9.83. The maximum Gasteiger partial charge on any atom is 0.309 e. The molecular weight excluding hydrogens is 202 g/mol. The smallest absolute Gasteiger partial charge is 0.309 e. The third-order valence-electron chi connectivity index (χ3n) is 2.96. The molecule has 78 valence electrons. The molecule has 2 rings (SSSR count). The van der Waals surface area contributed by atoms with Gasteiger partial charge in [-0.15, -0.1) is 11.8 Å². The first-order chi connectivity index (χ1) is 6.64. The van der Waals surface area contributed by atoms with E-state index in [1.54, 1.807) is 0 Å². The van der Waals surface area contributed by atoms with Crippen LogP contribution in [-0.2, 0) is 9.59 Å². The van der Waals surface area contributed by atoms with Crippen LogP contribution in [0.3, 0.4) is 0 Å². The maximum atomic E-state index is 11.2. The number of aliphatic carboxylic acids is 1. The van der Waals surface area contributed by atoms with E-state index in [4.69, 9.17) is 5.11 Å². The van der Waals surface area contributed by atoms with Gasteiger partial charge < -0.3 is 10.4 Å². The number of carbonyl (C=O) groups is 2. The molecule has 0 bridgehead atoms. The lowest BCUT2D eigenvalue weighted by molar-refractivity contribution is -0.144. The molecule has 2 N–H and O–H groups in total. The average molecular weight is 215 g/mol. The standard InChI is InChI=1S/C9H13NO3S/c11-7-5-14-9(10-7)4-2-1-3-6(9)8(12)13/h6H,1-5H2,(H,10,11)(H,12,13)/t6-,9-/m1/s1. The van der Waals surface area contributed by atoms with Crippen LogP contribution in [0.1, 0.15) is 25.7 Å². The molecule has 2 aliphatic rings. The van der Waals surface area contributed by atoms with Crippen molar-refractivity contribution in [3.05, 3.63) is 0 Å². The molecule has 0 aromatic heterocycles. The fourth-order valence-corrected chi connectivity index (χ4v) is 3.65. The minimum Gasteiger partial charge on any atom is -0.481 e. The van der Waals surface area contributed by atoms with Crippen LogP contribution in [0, 0.1) is 5.92 Å². The summed E-state index contributed by atoms with van der Waals surface area (Å²) in [5.74, 6) is -0.806. The van der Waals surface area contributed by atoms with Crippen LogP contribution < -0.4 is 5.32 Å². The van der Waals surface area contributed by atoms with Gasteiger partial charge in [-0.1, -0.05) is 12.8 Å². The number of nitrogens with one attached hydrogen (secondary N) is 1. The number of carboxylic acid groups (broad SMARTS) is 1. The quantitative estimate of drug-likeness (QED) is 0.679. The zero-order valence-electron chi connectivity index (χ0n) is 7.78. The number of hydrogen-bond donors (Lipinski definition) is 2. The van der Waals surface area contributed by atoms with E-state index in [0.29, 0.717) is 12.2 Å². The van der Waals surface area contributed by atoms with Gasteiger partial charge in [0.25, 0.3) is 0 Å². The number of carboxylic acids is 1. The van der Waals surface area contributed by atoms with Crippen molar-refractivity contribution in [1.82, 2.24) is 5.32 Å². The van der Waals surface area contributed by atoms with E-state index in [0.717, 1.165) is 19.3 Å². The molecule has 1 spiro atoms. The van der Waals surface area contributed by atoms with Gasteiger partial charge in [-0.25, -0.2) is 0 Å². The second-order valence-electron chi connectivity index (χ2n) is 3.86. The molecule has 1 amide bonds. The predicted molar refractivity (Wildman–Crippen MR) is 52.9 cm³/mol. The van der Waals surface area contributed by atoms with Gasteiger partial charge in [0.2, 0.25) is 5.91 Å². The molecule has 2 atom stereocenters. The van der Waals surface area contributed by atoms with Crippen LogP contribution in [0.5, 0.6) is 0 Å². The van der Waals surface area contributed by atoms with Crippen molar-refractivity contribution in [2.75, 3.05) is 5.75 Å². The van der Waals surface area contributed by atoms with Gasteiger partial charge in [-0.2, -0.15) is 0 Å². The van der Waals surface area contributed by atoms with Crippen molar-refractivity contribution in [3.63, 3.8) is 0 Å². The molecule has 1 heterocycles. The summed E-state index contributed by atoms with van der Waals surface area (Å²) in [6.45, 7) is 0. The summed E-state index contributed by atoms with van der Waals surface area (Å²) in [6.07, 6.45) is 3.44. The number of carbonyl (C=O) groups excluding carboxylic acids is 1. The van der Waals surface area contributed by atoms with Gasteiger partial charge in [-0.05, 0) is 12.8 Å². The second kappa shape index (κ2) is 3.46. The minimum absolute atomic E-state index is 0.0249. The Morgan fingerprint density at radius 1 is 1.57 bits per heavy atom. The van der Waals surface area contributed by atoms with E-state index >= 15 is 0 Å². The van der Waals surface area contributed by atoms with E-state index in [9.17, 15) is 9.59 Å². The van der Waals surface area contributed by atoms with Gasteiger partial charge in [0.15, 0.2) is 0 Å². The summed E-state index contributed by atoms with van der Waals surface area (Å²) in [4.78, 5) is 21.7. The van der Waals surface area contributed by atoms with Crippen LogP contribution in [0.15, 0.2) is 0 Å². The predicted octanol–water partition coefficient (Wildman–Crippen LogP) is 0.821. The van der Waals surface area contributed by atoms with E-state index < -0.39 is 16.8 Å². The second-order valence-corrected chi connectivity index (χ2v) is 5.17. The normalized spacial score (nSPS) is 37.1. The summed E-state index contributed by atoms with van der Waals surface area (Å²) in [7, 11) is 0.